The lowest BCUT2D eigenvalue weighted by molar-refractivity contribution is -0.148. The summed E-state index contributed by atoms with van der Waals surface area (Å²) in [6, 6.07) is 5.26. The molecule has 1 atom stereocenters. The van der Waals surface area contributed by atoms with Crippen LogP contribution in [0.4, 0.5) is 0 Å². The van der Waals surface area contributed by atoms with E-state index in [0.29, 0.717) is 39.7 Å². The third kappa shape index (κ3) is 3.90. The second kappa shape index (κ2) is 7.56. The number of halogens is 1. The Morgan fingerprint density at radius 1 is 1.30 bits per heavy atom. The van der Waals surface area contributed by atoms with E-state index in [9.17, 15) is 14.4 Å². The first kappa shape index (κ1) is 19.2. The summed E-state index contributed by atoms with van der Waals surface area (Å²) in [6.45, 7) is 4.68. The van der Waals surface area contributed by atoms with E-state index in [1.54, 1.807) is 32.0 Å². The highest BCUT2D eigenvalue weighted by molar-refractivity contribution is 6.30. The molecule has 2 heterocycles. The molecule has 7 heteroatoms. The first-order chi connectivity index (χ1) is 12.8. The van der Waals surface area contributed by atoms with Crippen LogP contribution >= 0.6 is 11.6 Å². The van der Waals surface area contributed by atoms with Gasteiger partial charge < -0.3 is 14.5 Å². The molecule has 27 heavy (non-hydrogen) atoms. The van der Waals surface area contributed by atoms with Gasteiger partial charge in [-0.3, -0.25) is 14.4 Å². The summed E-state index contributed by atoms with van der Waals surface area (Å²) in [5, 5.41) is 0.570. The monoisotopic (exact) mass is 389 g/mol. The van der Waals surface area contributed by atoms with Crippen molar-refractivity contribution in [3.8, 4) is 5.75 Å². The third-order valence-corrected chi connectivity index (χ3v) is 4.91. The molecular formula is C20H20ClNO5. The average Bonchev–Trinajstić information content (AvgIpc) is 2.93. The van der Waals surface area contributed by atoms with Gasteiger partial charge in [-0.1, -0.05) is 11.6 Å². The summed E-state index contributed by atoms with van der Waals surface area (Å²) in [5.74, 6) is -0.788. The Kier molecular flexibility index (Phi) is 5.37. The zero-order valence-corrected chi connectivity index (χ0v) is 16.1. The number of aryl methyl sites for hydroxylation is 1. The van der Waals surface area contributed by atoms with Crippen LogP contribution in [0.15, 0.2) is 18.2 Å². The number of nitrogens with one attached hydrogen (secondary N) is 1. The number of hydrogen-bond donors (Lipinski definition) is 1. The Labute approximate surface area is 161 Å². The lowest BCUT2D eigenvalue weighted by Crippen LogP contribution is -2.31. The summed E-state index contributed by atoms with van der Waals surface area (Å²) < 4.78 is 10.8. The SMILES string of the molecule is CC(=O)c1c(C)[nH]c(C(=O)COC(=O)[C@@H]2COc3ccc(Cl)cc3C2)c1C. The van der Waals surface area contributed by atoms with Gasteiger partial charge in [0.2, 0.25) is 5.78 Å². The van der Waals surface area contributed by atoms with Crippen molar-refractivity contribution in [3.05, 3.63) is 51.3 Å². The van der Waals surface area contributed by atoms with Crippen molar-refractivity contribution < 1.29 is 23.9 Å². The fraction of sp³-hybridized carbons (Fsp3) is 0.350. The van der Waals surface area contributed by atoms with Crippen LogP contribution in [0, 0.1) is 19.8 Å². The van der Waals surface area contributed by atoms with Gasteiger partial charge >= 0.3 is 5.97 Å². The second-order valence-corrected chi connectivity index (χ2v) is 7.11. The van der Waals surface area contributed by atoms with Crippen LogP contribution in [0.2, 0.25) is 5.02 Å². The molecule has 6 nitrogen and oxygen atoms in total. The van der Waals surface area contributed by atoms with E-state index in [1.807, 2.05) is 0 Å². The van der Waals surface area contributed by atoms with Gasteiger partial charge in [-0.15, -0.1) is 0 Å². The highest BCUT2D eigenvalue weighted by Crippen LogP contribution is 2.30. The van der Waals surface area contributed by atoms with Crippen molar-refractivity contribution in [2.75, 3.05) is 13.2 Å². The van der Waals surface area contributed by atoms with Crippen molar-refractivity contribution >= 4 is 29.1 Å². The Balaban J connectivity index is 1.64. The van der Waals surface area contributed by atoms with Gasteiger partial charge in [0.25, 0.3) is 0 Å². The summed E-state index contributed by atoms with van der Waals surface area (Å²) >= 11 is 5.98. The van der Waals surface area contributed by atoms with Crippen molar-refractivity contribution in [1.82, 2.24) is 4.98 Å². The molecule has 0 unspecified atom stereocenters. The van der Waals surface area contributed by atoms with Crippen molar-refractivity contribution in [2.45, 2.75) is 27.2 Å². The highest BCUT2D eigenvalue weighted by atomic mass is 35.5. The minimum atomic E-state index is -0.498. The van der Waals surface area contributed by atoms with E-state index in [4.69, 9.17) is 21.1 Å². The molecule has 1 aliphatic heterocycles. The number of esters is 1. The molecule has 0 saturated carbocycles. The number of carbonyl (C=O) groups is 3. The third-order valence-electron chi connectivity index (χ3n) is 4.68. The van der Waals surface area contributed by atoms with Gasteiger partial charge in [0.15, 0.2) is 12.4 Å². The minimum absolute atomic E-state index is 0.117. The van der Waals surface area contributed by atoms with Crippen LogP contribution < -0.4 is 4.74 Å². The Bertz CT molecular complexity index is 931. The van der Waals surface area contributed by atoms with Crippen LogP contribution in [-0.4, -0.2) is 35.7 Å². The molecule has 1 aromatic carbocycles. The lowest BCUT2D eigenvalue weighted by Gasteiger charge is -2.24. The molecule has 1 N–H and O–H groups in total. The molecule has 1 aromatic heterocycles. The molecule has 0 bridgehead atoms. The van der Waals surface area contributed by atoms with Crippen LogP contribution in [0.3, 0.4) is 0 Å². The summed E-state index contributed by atoms with van der Waals surface area (Å²) in [6.07, 6.45) is 0.442. The van der Waals surface area contributed by atoms with E-state index in [-0.39, 0.29) is 18.2 Å². The van der Waals surface area contributed by atoms with Gasteiger partial charge in [0, 0.05) is 16.3 Å². The lowest BCUT2D eigenvalue weighted by atomic mass is 9.97. The number of aromatic nitrogens is 1. The molecule has 0 aliphatic carbocycles. The Morgan fingerprint density at radius 3 is 2.70 bits per heavy atom. The van der Waals surface area contributed by atoms with Gasteiger partial charge in [-0.25, -0.2) is 0 Å². The highest BCUT2D eigenvalue weighted by Gasteiger charge is 2.28. The van der Waals surface area contributed by atoms with Gasteiger partial charge in [-0.2, -0.15) is 0 Å². The maximum atomic E-state index is 12.4. The molecular weight excluding hydrogens is 370 g/mol. The largest absolute Gasteiger partial charge is 0.492 e. The molecule has 2 aromatic rings. The molecule has 0 spiro atoms. The van der Waals surface area contributed by atoms with E-state index < -0.39 is 18.5 Å². The van der Waals surface area contributed by atoms with E-state index in [1.165, 1.54) is 6.92 Å². The second-order valence-electron chi connectivity index (χ2n) is 6.68. The number of fused-ring (bicyclic) bond motifs is 1. The molecule has 0 fully saturated rings. The number of benzene rings is 1. The molecule has 142 valence electrons. The number of ketones is 2. The minimum Gasteiger partial charge on any atom is -0.492 e. The van der Waals surface area contributed by atoms with Crippen LogP contribution in [0.5, 0.6) is 5.75 Å². The summed E-state index contributed by atoms with van der Waals surface area (Å²) in [4.78, 5) is 39.4. The zero-order valence-electron chi connectivity index (χ0n) is 15.3. The maximum absolute atomic E-state index is 12.4. The van der Waals surface area contributed by atoms with E-state index in [2.05, 4.69) is 4.98 Å². The van der Waals surface area contributed by atoms with Crippen LogP contribution in [0.1, 0.15) is 44.6 Å². The predicted octanol–water partition coefficient (Wildman–Crippen LogP) is 3.46. The molecule has 1 aliphatic rings. The molecule has 3 rings (SSSR count). The van der Waals surface area contributed by atoms with E-state index in [0.717, 1.165) is 5.56 Å². The Morgan fingerprint density at radius 2 is 2.04 bits per heavy atom. The van der Waals surface area contributed by atoms with Gasteiger partial charge in [-0.05, 0) is 56.5 Å². The normalized spacial score (nSPS) is 15.6. The summed E-state index contributed by atoms with van der Waals surface area (Å²) in [7, 11) is 0. The molecule has 0 saturated heterocycles. The Hall–Kier alpha value is -2.60. The fourth-order valence-electron chi connectivity index (χ4n) is 3.40. The van der Waals surface area contributed by atoms with Crippen LogP contribution in [-0.2, 0) is 16.0 Å². The van der Waals surface area contributed by atoms with E-state index >= 15 is 0 Å². The summed E-state index contributed by atoms with van der Waals surface area (Å²) in [5.41, 5.74) is 2.83. The standard InChI is InChI=1S/C20H20ClNO5/c1-10-18(12(3)23)11(2)22-19(10)16(24)9-27-20(25)14-6-13-7-15(21)4-5-17(13)26-8-14/h4-5,7,14,22H,6,8-9H2,1-3H3/t14-/m0/s1. The fourth-order valence-corrected chi connectivity index (χ4v) is 3.59. The topological polar surface area (TPSA) is 85.5 Å². The molecule has 0 radical (unpaired) electrons. The number of aromatic amines is 1. The van der Waals surface area contributed by atoms with Crippen molar-refractivity contribution in [2.24, 2.45) is 5.92 Å². The number of ether oxygens (including phenoxy) is 2. The molecule has 0 amide bonds. The maximum Gasteiger partial charge on any atom is 0.313 e. The number of Topliss-reactive ketones (excluding diaryl/α,β-unsaturated/α-hetero) is 2. The van der Waals surface area contributed by atoms with Crippen molar-refractivity contribution in [3.63, 3.8) is 0 Å². The van der Waals surface area contributed by atoms with Crippen LogP contribution in [0.25, 0.3) is 0 Å². The van der Waals surface area contributed by atoms with Gasteiger partial charge in [0.05, 0.1) is 11.6 Å². The van der Waals surface area contributed by atoms with Crippen molar-refractivity contribution in [1.29, 1.82) is 0 Å². The first-order valence-corrected chi connectivity index (χ1v) is 8.97. The quantitative estimate of drug-likeness (QED) is 0.625. The number of H-pyrrole nitrogens is 1. The smallest absolute Gasteiger partial charge is 0.313 e. The average molecular weight is 390 g/mol. The van der Waals surface area contributed by atoms with Gasteiger partial charge in [0.1, 0.15) is 12.4 Å². The number of rotatable bonds is 5. The number of hydrogen-bond acceptors (Lipinski definition) is 5. The predicted molar refractivity (Wildman–Crippen MR) is 99.7 cm³/mol. The first-order valence-electron chi connectivity index (χ1n) is 8.59. The number of carbonyl (C=O) groups excluding carboxylic acids is 3. The zero-order chi connectivity index (χ0) is 19.7.